The van der Waals surface area contributed by atoms with E-state index in [9.17, 15) is 23.1 Å². The molecule has 0 spiro atoms. The fourth-order valence-electron chi connectivity index (χ4n) is 3.00. The second-order valence-corrected chi connectivity index (χ2v) is 6.58. The van der Waals surface area contributed by atoms with Crippen LogP contribution in [0.1, 0.15) is 15.9 Å². The van der Waals surface area contributed by atoms with Crippen LogP contribution in [-0.4, -0.2) is 21.9 Å². The van der Waals surface area contributed by atoms with Crippen molar-refractivity contribution in [2.45, 2.75) is 13.0 Å². The molecular weight excluding hydrogens is 413 g/mol. The minimum absolute atomic E-state index is 0.0551. The van der Waals surface area contributed by atoms with Crippen LogP contribution in [0.3, 0.4) is 0 Å². The van der Waals surface area contributed by atoms with Gasteiger partial charge in [-0.1, -0.05) is 18.2 Å². The van der Waals surface area contributed by atoms with Gasteiger partial charge >= 0.3 is 6.36 Å². The number of carboxylic acids is 1. The van der Waals surface area contributed by atoms with Crippen molar-refractivity contribution in [3.8, 4) is 17.2 Å². The van der Waals surface area contributed by atoms with Crippen LogP contribution in [0.5, 0.6) is 11.5 Å². The summed E-state index contributed by atoms with van der Waals surface area (Å²) in [6, 6.07) is 17.1. The van der Waals surface area contributed by atoms with Gasteiger partial charge in [-0.3, -0.25) is 4.57 Å². The minimum Gasteiger partial charge on any atom is -0.545 e. The monoisotopic (exact) mass is 427 g/mol. The number of alkyl halides is 3. The molecule has 0 amide bonds. The number of fused-ring (bicyclic) bond motifs is 1. The van der Waals surface area contributed by atoms with Crippen molar-refractivity contribution in [1.29, 1.82) is 0 Å². The van der Waals surface area contributed by atoms with Crippen LogP contribution in [0.4, 0.5) is 13.2 Å². The lowest BCUT2D eigenvalue weighted by atomic mass is 10.2. The van der Waals surface area contributed by atoms with Crippen molar-refractivity contribution in [2.24, 2.45) is 0 Å². The maximum absolute atomic E-state index is 12.2. The second kappa shape index (κ2) is 8.02. The van der Waals surface area contributed by atoms with Crippen molar-refractivity contribution >= 4 is 17.0 Å². The molecule has 0 N–H and O–H groups in total. The maximum Gasteiger partial charge on any atom is 0.573 e. The number of hydrogen-bond donors (Lipinski definition) is 0. The standard InChI is InChI=1S/C22H15F3N2O4/c23-22(24,25)31-18-6-1-14(2-7-18)12-30-17-8-4-16(5-9-17)27-13-26-19-11-15(21(28)29)3-10-20(19)27/h1-11,13H,12H2,(H,28,29)/p-1. The van der Waals surface area contributed by atoms with E-state index in [-0.39, 0.29) is 17.9 Å². The number of carbonyl (C=O) groups excluding carboxylic acids is 1. The third kappa shape index (κ3) is 4.77. The molecule has 0 bridgehead atoms. The van der Waals surface area contributed by atoms with E-state index in [4.69, 9.17) is 4.74 Å². The Bertz CT molecular complexity index is 1220. The average Bonchev–Trinajstić information content (AvgIpc) is 3.16. The Morgan fingerprint density at radius 1 is 0.968 bits per heavy atom. The van der Waals surface area contributed by atoms with Gasteiger partial charge in [-0.25, -0.2) is 4.98 Å². The second-order valence-electron chi connectivity index (χ2n) is 6.58. The van der Waals surface area contributed by atoms with Crippen molar-refractivity contribution in [1.82, 2.24) is 9.55 Å². The van der Waals surface area contributed by atoms with Crippen LogP contribution in [0.15, 0.2) is 73.1 Å². The number of benzene rings is 3. The smallest absolute Gasteiger partial charge is 0.545 e. The minimum atomic E-state index is -4.73. The number of aromatic carboxylic acids is 1. The number of hydrogen-bond acceptors (Lipinski definition) is 5. The van der Waals surface area contributed by atoms with E-state index in [1.54, 1.807) is 29.1 Å². The summed E-state index contributed by atoms with van der Waals surface area (Å²) in [6.45, 7) is 0.172. The van der Waals surface area contributed by atoms with Gasteiger partial charge in [0.1, 0.15) is 24.4 Å². The van der Waals surface area contributed by atoms with Crippen molar-refractivity contribution < 1.29 is 32.5 Å². The highest BCUT2D eigenvalue weighted by Gasteiger charge is 2.30. The lowest BCUT2D eigenvalue weighted by Gasteiger charge is -2.11. The highest BCUT2D eigenvalue weighted by molar-refractivity contribution is 5.91. The summed E-state index contributed by atoms with van der Waals surface area (Å²) >= 11 is 0. The van der Waals surface area contributed by atoms with Crippen molar-refractivity contribution in [3.05, 3.63) is 84.2 Å². The molecular formula is C22H14F3N2O4-. The lowest BCUT2D eigenvalue weighted by molar-refractivity contribution is -0.274. The van der Waals surface area contributed by atoms with Gasteiger partial charge in [0.05, 0.1) is 17.0 Å². The molecule has 0 radical (unpaired) electrons. The fraction of sp³-hybridized carbons (Fsp3) is 0.0909. The predicted molar refractivity (Wildman–Crippen MR) is 103 cm³/mol. The third-order valence-corrected chi connectivity index (χ3v) is 4.46. The first kappa shape index (κ1) is 20.3. The zero-order valence-electron chi connectivity index (χ0n) is 15.8. The Hall–Kier alpha value is -4.01. The molecule has 4 rings (SSSR count). The molecule has 0 unspecified atom stereocenters. The molecule has 0 aliphatic carbocycles. The van der Waals surface area contributed by atoms with Gasteiger partial charge < -0.3 is 19.4 Å². The van der Waals surface area contributed by atoms with Crippen LogP contribution in [0.25, 0.3) is 16.7 Å². The SMILES string of the molecule is O=C([O-])c1ccc2c(c1)ncn2-c1ccc(OCc2ccc(OC(F)(F)F)cc2)cc1. The summed E-state index contributed by atoms with van der Waals surface area (Å²) in [5, 5.41) is 11.0. The van der Waals surface area contributed by atoms with Gasteiger partial charge in [-0.15, -0.1) is 13.2 Å². The van der Waals surface area contributed by atoms with Crippen LogP contribution in [-0.2, 0) is 6.61 Å². The lowest BCUT2D eigenvalue weighted by Crippen LogP contribution is -2.21. The molecule has 0 aliphatic heterocycles. The van der Waals surface area contributed by atoms with Crippen LogP contribution in [0, 0.1) is 0 Å². The Morgan fingerprint density at radius 2 is 1.65 bits per heavy atom. The molecule has 0 atom stereocenters. The summed E-state index contributed by atoms with van der Waals surface area (Å²) in [5.74, 6) is -0.983. The zero-order valence-corrected chi connectivity index (χ0v) is 15.8. The van der Waals surface area contributed by atoms with Gasteiger partial charge in [0, 0.05) is 5.69 Å². The molecule has 0 saturated heterocycles. The number of nitrogens with zero attached hydrogens (tertiary/aromatic N) is 2. The Morgan fingerprint density at radius 3 is 2.29 bits per heavy atom. The number of ether oxygens (including phenoxy) is 2. The molecule has 31 heavy (non-hydrogen) atoms. The van der Waals surface area contributed by atoms with E-state index in [0.717, 1.165) is 11.2 Å². The van der Waals surface area contributed by atoms with Crippen molar-refractivity contribution in [2.75, 3.05) is 0 Å². The summed E-state index contributed by atoms with van der Waals surface area (Å²) < 4.78 is 47.9. The van der Waals surface area contributed by atoms with Gasteiger partial charge in [0.15, 0.2) is 0 Å². The van der Waals surface area contributed by atoms with E-state index in [1.807, 2.05) is 12.1 Å². The molecule has 0 aliphatic rings. The number of aromatic nitrogens is 2. The highest BCUT2D eigenvalue weighted by Crippen LogP contribution is 2.24. The van der Waals surface area contributed by atoms with E-state index in [1.165, 1.54) is 36.4 Å². The number of imidazole rings is 1. The normalized spacial score (nSPS) is 11.5. The van der Waals surface area contributed by atoms with E-state index < -0.39 is 12.3 Å². The maximum atomic E-state index is 12.2. The highest BCUT2D eigenvalue weighted by atomic mass is 19.4. The molecule has 1 aromatic heterocycles. The summed E-state index contributed by atoms with van der Waals surface area (Å²) in [7, 11) is 0. The quantitative estimate of drug-likeness (QED) is 0.467. The molecule has 6 nitrogen and oxygen atoms in total. The molecule has 9 heteroatoms. The fourth-order valence-corrected chi connectivity index (χ4v) is 3.00. The van der Waals surface area contributed by atoms with Crippen LogP contribution in [0.2, 0.25) is 0 Å². The Labute approximate surface area is 174 Å². The zero-order chi connectivity index (χ0) is 22.0. The molecule has 3 aromatic carbocycles. The first-order valence-electron chi connectivity index (χ1n) is 9.05. The number of halogens is 3. The van der Waals surface area contributed by atoms with Crippen molar-refractivity contribution in [3.63, 3.8) is 0 Å². The van der Waals surface area contributed by atoms with Gasteiger partial charge in [0.25, 0.3) is 0 Å². The molecule has 158 valence electrons. The van der Waals surface area contributed by atoms with E-state index in [2.05, 4.69) is 9.72 Å². The Kier molecular flexibility index (Phi) is 5.24. The Balaban J connectivity index is 1.43. The first-order valence-corrected chi connectivity index (χ1v) is 9.05. The molecule has 0 saturated carbocycles. The summed E-state index contributed by atoms with van der Waals surface area (Å²) in [6.07, 6.45) is -3.14. The number of carbonyl (C=O) groups is 1. The van der Waals surface area contributed by atoms with Crippen LogP contribution >= 0.6 is 0 Å². The summed E-state index contributed by atoms with van der Waals surface area (Å²) in [5.41, 5.74) is 2.80. The number of rotatable bonds is 6. The average molecular weight is 427 g/mol. The molecule has 1 heterocycles. The topological polar surface area (TPSA) is 76.4 Å². The summed E-state index contributed by atoms with van der Waals surface area (Å²) in [4.78, 5) is 15.2. The van der Waals surface area contributed by atoms with E-state index in [0.29, 0.717) is 16.8 Å². The third-order valence-electron chi connectivity index (χ3n) is 4.46. The first-order chi connectivity index (χ1) is 14.8. The molecule has 4 aromatic rings. The molecule has 0 fully saturated rings. The van der Waals surface area contributed by atoms with Gasteiger partial charge in [-0.05, 0) is 59.7 Å². The largest absolute Gasteiger partial charge is 0.573 e. The predicted octanol–water partition coefficient (Wildman–Crippen LogP) is 3.87. The van der Waals surface area contributed by atoms with E-state index >= 15 is 0 Å². The van der Waals surface area contributed by atoms with Crippen LogP contribution < -0.4 is 14.6 Å². The van der Waals surface area contributed by atoms with Gasteiger partial charge in [0.2, 0.25) is 0 Å². The van der Waals surface area contributed by atoms with Gasteiger partial charge in [-0.2, -0.15) is 0 Å². The number of carboxylic acid groups (broad SMARTS) is 1.